The molecule has 5 nitrogen and oxygen atoms in total. The predicted molar refractivity (Wildman–Crippen MR) is 68.5 cm³/mol. The number of carbonyl (C=O) groups is 1. The maximum Gasteiger partial charge on any atom is 0.325 e. The van der Waals surface area contributed by atoms with Gasteiger partial charge >= 0.3 is 6.03 Å². The Morgan fingerprint density at radius 2 is 1.88 bits per heavy atom. The molecule has 0 aliphatic heterocycles. The number of hydrogen-bond acceptors (Lipinski definition) is 4. The fraction of sp³-hybridized carbons (Fsp3) is 0.182. The highest BCUT2D eigenvalue weighted by Crippen LogP contribution is 2.12. The number of nitrogens with zero attached hydrogens (tertiary/aromatic N) is 2. The van der Waals surface area contributed by atoms with E-state index >= 15 is 0 Å². The van der Waals surface area contributed by atoms with Gasteiger partial charge in [0, 0.05) is 17.2 Å². The number of carbonyl (C=O) groups excluding carboxylic acids is 1. The van der Waals surface area contributed by atoms with E-state index < -0.39 is 0 Å². The Balaban J connectivity index is 1.95. The first kappa shape index (κ1) is 11.5. The average Bonchev–Trinajstić information content (AvgIpc) is 2.67. The van der Waals surface area contributed by atoms with Gasteiger partial charge in [-0.15, -0.1) is 0 Å². The summed E-state index contributed by atoms with van der Waals surface area (Å²) in [7, 11) is 0. The number of rotatable bonds is 2. The zero-order valence-electron chi connectivity index (χ0n) is 9.52. The Morgan fingerprint density at radius 3 is 2.47 bits per heavy atom. The molecule has 0 radical (unpaired) electrons. The van der Waals surface area contributed by atoms with Crippen molar-refractivity contribution in [3.63, 3.8) is 0 Å². The molecule has 0 unspecified atom stereocenters. The summed E-state index contributed by atoms with van der Waals surface area (Å²) in [6, 6.07) is 7.25. The second-order valence-electron chi connectivity index (χ2n) is 3.59. The summed E-state index contributed by atoms with van der Waals surface area (Å²) in [5.74, 6) is 0.653. The number of benzene rings is 1. The van der Waals surface area contributed by atoms with Gasteiger partial charge in [-0.1, -0.05) is 17.7 Å². The van der Waals surface area contributed by atoms with Crippen LogP contribution in [0, 0.1) is 13.8 Å². The van der Waals surface area contributed by atoms with Crippen molar-refractivity contribution in [2.45, 2.75) is 13.8 Å². The maximum absolute atomic E-state index is 11.6. The number of urea groups is 1. The minimum atomic E-state index is -0.315. The lowest BCUT2D eigenvalue weighted by Gasteiger charge is -2.04. The molecule has 0 aliphatic rings. The van der Waals surface area contributed by atoms with Gasteiger partial charge in [-0.3, -0.25) is 5.32 Å². The number of aryl methyl sites for hydroxylation is 2. The SMILES string of the molecule is Cc1ccc(NC(=O)Nc2nc(C)ns2)cc1. The third-order valence-corrected chi connectivity index (χ3v) is 2.78. The van der Waals surface area contributed by atoms with Crippen molar-refractivity contribution in [2.75, 3.05) is 10.6 Å². The van der Waals surface area contributed by atoms with E-state index in [1.165, 1.54) is 0 Å². The monoisotopic (exact) mass is 248 g/mol. The van der Waals surface area contributed by atoms with Crippen molar-refractivity contribution in [2.24, 2.45) is 0 Å². The fourth-order valence-corrected chi connectivity index (χ4v) is 1.81. The number of amides is 2. The van der Waals surface area contributed by atoms with Crippen LogP contribution in [0.2, 0.25) is 0 Å². The van der Waals surface area contributed by atoms with Gasteiger partial charge in [-0.2, -0.15) is 4.37 Å². The standard InChI is InChI=1S/C11H12N4OS/c1-7-3-5-9(6-4-7)13-10(16)14-11-12-8(2)15-17-11/h3-6H,1-2H3,(H2,12,13,14,15,16). The third kappa shape index (κ3) is 3.25. The molecular formula is C11H12N4OS. The smallest absolute Gasteiger partial charge is 0.308 e. The van der Waals surface area contributed by atoms with E-state index in [1.807, 2.05) is 31.2 Å². The minimum absolute atomic E-state index is 0.315. The fourth-order valence-electron chi connectivity index (χ4n) is 1.24. The summed E-state index contributed by atoms with van der Waals surface area (Å²) >= 11 is 1.16. The van der Waals surface area contributed by atoms with Crippen molar-refractivity contribution in [3.8, 4) is 0 Å². The lowest BCUT2D eigenvalue weighted by Crippen LogP contribution is -2.19. The summed E-state index contributed by atoms with van der Waals surface area (Å²) in [6.07, 6.45) is 0. The minimum Gasteiger partial charge on any atom is -0.308 e. The van der Waals surface area contributed by atoms with Crippen LogP contribution in [0.15, 0.2) is 24.3 Å². The van der Waals surface area contributed by atoms with Crippen LogP contribution in [0.25, 0.3) is 0 Å². The molecule has 2 aromatic rings. The Morgan fingerprint density at radius 1 is 1.18 bits per heavy atom. The third-order valence-electron chi connectivity index (χ3n) is 2.06. The molecule has 2 amide bonds. The number of nitrogens with one attached hydrogen (secondary N) is 2. The summed E-state index contributed by atoms with van der Waals surface area (Å²) in [5, 5.41) is 5.83. The van der Waals surface area contributed by atoms with Gasteiger partial charge in [-0.25, -0.2) is 9.78 Å². The van der Waals surface area contributed by atoms with E-state index in [0.717, 1.165) is 22.8 Å². The topological polar surface area (TPSA) is 66.9 Å². The number of aromatic nitrogens is 2. The number of anilines is 2. The van der Waals surface area contributed by atoms with Crippen LogP contribution in [-0.2, 0) is 0 Å². The van der Waals surface area contributed by atoms with Gasteiger partial charge in [0.1, 0.15) is 5.82 Å². The molecule has 0 spiro atoms. The molecule has 1 aromatic heterocycles. The van der Waals surface area contributed by atoms with Gasteiger partial charge in [0.2, 0.25) is 5.13 Å². The van der Waals surface area contributed by atoms with Crippen molar-refractivity contribution >= 4 is 28.4 Å². The molecule has 2 rings (SSSR count). The van der Waals surface area contributed by atoms with Crippen LogP contribution in [0.5, 0.6) is 0 Å². The zero-order valence-corrected chi connectivity index (χ0v) is 10.3. The van der Waals surface area contributed by atoms with Crippen LogP contribution in [0.1, 0.15) is 11.4 Å². The van der Waals surface area contributed by atoms with E-state index in [-0.39, 0.29) is 6.03 Å². The maximum atomic E-state index is 11.6. The van der Waals surface area contributed by atoms with Crippen molar-refractivity contribution < 1.29 is 4.79 Å². The highest BCUT2D eigenvalue weighted by Gasteiger charge is 2.05. The normalized spacial score (nSPS) is 10.0. The largest absolute Gasteiger partial charge is 0.325 e. The van der Waals surface area contributed by atoms with Crippen molar-refractivity contribution in [1.82, 2.24) is 9.36 Å². The first-order valence-electron chi connectivity index (χ1n) is 5.08. The summed E-state index contributed by atoms with van der Waals surface area (Å²) in [6.45, 7) is 3.77. The van der Waals surface area contributed by atoms with E-state index in [9.17, 15) is 4.79 Å². The highest BCUT2D eigenvalue weighted by molar-refractivity contribution is 7.09. The van der Waals surface area contributed by atoms with Crippen LogP contribution in [-0.4, -0.2) is 15.4 Å². The Labute approximate surface area is 103 Å². The van der Waals surface area contributed by atoms with Gasteiger partial charge in [0.05, 0.1) is 0 Å². The Bertz CT molecular complexity index is 521. The molecule has 0 atom stereocenters. The Kier molecular flexibility index (Phi) is 3.34. The van der Waals surface area contributed by atoms with Crippen molar-refractivity contribution in [1.29, 1.82) is 0 Å². The summed E-state index contributed by atoms with van der Waals surface area (Å²) in [5.41, 5.74) is 1.89. The van der Waals surface area contributed by atoms with Gasteiger partial charge in [0.25, 0.3) is 0 Å². The van der Waals surface area contributed by atoms with E-state index in [2.05, 4.69) is 20.0 Å². The first-order valence-corrected chi connectivity index (χ1v) is 5.86. The Hall–Kier alpha value is -1.95. The molecule has 0 saturated carbocycles. The molecule has 2 N–H and O–H groups in total. The van der Waals surface area contributed by atoms with E-state index in [0.29, 0.717) is 11.0 Å². The lowest BCUT2D eigenvalue weighted by molar-refractivity contribution is 0.262. The molecule has 0 fully saturated rings. The second kappa shape index (κ2) is 4.92. The summed E-state index contributed by atoms with van der Waals surface area (Å²) < 4.78 is 3.98. The van der Waals surface area contributed by atoms with Gasteiger partial charge < -0.3 is 5.32 Å². The highest BCUT2D eigenvalue weighted by atomic mass is 32.1. The second-order valence-corrected chi connectivity index (χ2v) is 4.34. The molecule has 0 bridgehead atoms. The van der Waals surface area contributed by atoms with Crippen LogP contribution in [0.3, 0.4) is 0 Å². The van der Waals surface area contributed by atoms with Gasteiger partial charge in [0.15, 0.2) is 0 Å². The molecule has 88 valence electrons. The average molecular weight is 248 g/mol. The zero-order chi connectivity index (χ0) is 12.3. The first-order chi connectivity index (χ1) is 8.13. The van der Waals surface area contributed by atoms with Crippen LogP contribution in [0.4, 0.5) is 15.6 Å². The molecule has 0 saturated heterocycles. The van der Waals surface area contributed by atoms with Gasteiger partial charge in [-0.05, 0) is 26.0 Å². The molecule has 0 aliphatic carbocycles. The molecule has 1 aromatic carbocycles. The molecule has 17 heavy (non-hydrogen) atoms. The lowest BCUT2D eigenvalue weighted by atomic mass is 10.2. The van der Waals surface area contributed by atoms with E-state index in [1.54, 1.807) is 6.92 Å². The molecule has 6 heteroatoms. The summed E-state index contributed by atoms with van der Waals surface area (Å²) in [4.78, 5) is 15.6. The van der Waals surface area contributed by atoms with Crippen LogP contribution < -0.4 is 10.6 Å². The van der Waals surface area contributed by atoms with Crippen LogP contribution >= 0.6 is 11.5 Å². The quantitative estimate of drug-likeness (QED) is 0.858. The molecular weight excluding hydrogens is 236 g/mol. The predicted octanol–water partition coefficient (Wildman–Crippen LogP) is 2.80. The van der Waals surface area contributed by atoms with Crippen molar-refractivity contribution in [3.05, 3.63) is 35.7 Å². The van der Waals surface area contributed by atoms with E-state index in [4.69, 9.17) is 0 Å². The molecule has 1 heterocycles. The number of hydrogen-bond donors (Lipinski definition) is 2.